The molecule has 4 rings (SSSR count). The topological polar surface area (TPSA) is 87.7 Å². The number of hydrogen-bond donors (Lipinski definition) is 2. The molecule has 0 spiro atoms. The number of nitrogens with zero attached hydrogens (tertiary/aromatic N) is 1. The van der Waals surface area contributed by atoms with Crippen molar-refractivity contribution in [2.45, 2.75) is 18.5 Å². The van der Waals surface area contributed by atoms with Gasteiger partial charge in [0.15, 0.2) is 0 Å². The van der Waals surface area contributed by atoms with Gasteiger partial charge in [-0.3, -0.25) is 4.79 Å². The second kappa shape index (κ2) is 7.21. The highest BCUT2D eigenvalue weighted by molar-refractivity contribution is 7.89. The molecular weight excluding hydrogens is 366 g/mol. The van der Waals surface area contributed by atoms with Gasteiger partial charge >= 0.3 is 0 Å². The highest BCUT2D eigenvalue weighted by atomic mass is 32.2. The number of carbonyl (C=O) groups is 1. The smallest absolute Gasteiger partial charge is 0.247 e. The molecule has 0 bridgehead atoms. The molecule has 142 valence electrons. The summed E-state index contributed by atoms with van der Waals surface area (Å²) in [6.45, 7) is 0.538. The molecule has 0 aliphatic carbocycles. The van der Waals surface area contributed by atoms with Crippen molar-refractivity contribution in [2.75, 3.05) is 29.1 Å². The zero-order chi connectivity index (χ0) is 18.9. The summed E-state index contributed by atoms with van der Waals surface area (Å²) in [6.07, 6.45) is 0.443. The van der Waals surface area contributed by atoms with E-state index in [1.807, 2.05) is 47.4 Å². The van der Waals surface area contributed by atoms with E-state index in [2.05, 4.69) is 10.0 Å². The number of benzene rings is 2. The number of nitrogens with one attached hydrogen (secondary N) is 2. The molecule has 7 nitrogen and oxygen atoms in total. The van der Waals surface area contributed by atoms with Crippen molar-refractivity contribution < 1.29 is 17.9 Å². The van der Waals surface area contributed by atoms with Crippen molar-refractivity contribution in [3.63, 3.8) is 0 Å². The molecule has 0 saturated carbocycles. The van der Waals surface area contributed by atoms with Gasteiger partial charge in [0, 0.05) is 12.6 Å². The SMILES string of the molecule is O=C1Nc2ccccc2N2CC(NS(=O)(=O)CCOc3ccccc3)CC12. The largest absolute Gasteiger partial charge is 0.492 e. The third-order valence-electron chi connectivity index (χ3n) is 4.79. The molecule has 2 aromatic rings. The Balaban J connectivity index is 1.37. The van der Waals surface area contributed by atoms with Gasteiger partial charge in [-0.15, -0.1) is 0 Å². The van der Waals surface area contributed by atoms with E-state index >= 15 is 0 Å². The third-order valence-corrected chi connectivity index (χ3v) is 6.18. The van der Waals surface area contributed by atoms with Crippen LogP contribution in [0.3, 0.4) is 0 Å². The van der Waals surface area contributed by atoms with Gasteiger partial charge in [0.2, 0.25) is 15.9 Å². The number of ether oxygens (including phenoxy) is 1. The Morgan fingerprint density at radius 2 is 1.85 bits per heavy atom. The van der Waals surface area contributed by atoms with E-state index in [0.717, 1.165) is 11.4 Å². The number of fused-ring (bicyclic) bond motifs is 3. The molecule has 2 aromatic carbocycles. The number of anilines is 2. The summed E-state index contributed by atoms with van der Waals surface area (Å²) >= 11 is 0. The molecule has 2 atom stereocenters. The Bertz CT molecular complexity index is 933. The number of para-hydroxylation sites is 3. The van der Waals surface area contributed by atoms with Crippen LogP contribution in [0.1, 0.15) is 6.42 Å². The van der Waals surface area contributed by atoms with Gasteiger partial charge in [0.1, 0.15) is 18.4 Å². The average Bonchev–Trinajstić information content (AvgIpc) is 3.06. The molecule has 2 aliphatic rings. The first-order valence-corrected chi connectivity index (χ1v) is 10.5. The second-order valence-corrected chi connectivity index (χ2v) is 8.58. The van der Waals surface area contributed by atoms with E-state index in [-0.39, 0.29) is 30.4 Å². The van der Waals surface area contributed by atoms with Crippen molar-refractivity contribution in [1.29, 1.82) is 0 Å². The van der Waals surface area contributed by atoms with Crippen LogP contribution in [0.2, 0.25) is 0 Å². The minimum Gasteiger partial charge on any atom is -0.492 e. The van der Waals surface area contributed by atoms with Gasteiger partial charge in [-0.2, -0.15) is 0 Å². The number of sulfonamides is 1. The fraction of sp³-hybridized carbons (Fsp3) is 0.316. The first kappa shape index (κ1) is 17.8. The van der Waals surface area contributed by atoms with Crippen LogP contribution in [0.15, 0.2) is 54.6 Å². The van der Waals surface area contributed by atoms with Crippen LogP contribution in [-0.2, 0) is 14.8 Å². The van der Waals surface area contributed by atoms with E-state index in [1.54, 1.807) is 12.1 Å². The van der Waals surface area contributed by atoms with Crippen LogP contribution in [0.25, 0.3) is 0 Å². The molecule has 2 unspecified atom stereocenters. The van der Waals surface area contributed by atoms with E-state index in [0.29, 0.717) is 18.7 Å². The lowest BCUT2D eigenvalue weighted by Crippen LogP contribution is -2.44. The predicted octanol–water partition coefficient (Wildman–Crippen LogP) is 1.58. The molecule has 0 radical (unpaired) electrons. The standard InChI is InChI=1S/C19H21N3O4S/c23-19-18-12-14(13-22(18)17-9-5-4-8-16(17)20-19)21-27(24,25)11-10-26-15-6-2-1-3-7-15/h1-9,14,18,21H,10-13H2,(H,20,23). The fourth-order valence-corrected chi connectivity index (χ4v) is 4.68. The number of amides is 1. The summed E-state index contributed by atoms with van der Waals surface area (Å²) in [5.41, 5.74) is 1.69. The summed E-state index contributed by atoms with van der Waals surface area (Å²) in [5, 5.41) is 2.89. The minimum absolute atomic E-state index is 0.0720. The van der Waals surface area contributed by atoms with Crippen molar-refractivity contribution in [2.24, 2.45) is 0 Å². The van der Waals surface area contributed by atoms with E-state index in [1.165, 1.54) is 0 Å². The normalized spacial score (nSPS) is 21.3. The Kier molecular flexibility index (Phi) is 4.75. The average molecular weight is 387 g/mol. The maximum Gasteiger partial charge on any atom is 0.247 e. The predicted molar refractivity (Wildman–Crippen MR) is 103 cm³/mol. The van der Waals surface area contributed by atoms with Crippen LogP contribution < -0.4 is 19.7 Å². The number of hydrogen-bond acceptors (Lipinski definition) is 5. The van der Waals surface area contributed by atoms with Gasteiger partial charge in [-0.25, -0.2) is 13.1 Å². The van der Waals surface area contributed by atoms with Gasteiger partial charge in [-0.1, -0.05) is 30.3 Å². The van der Waals surface area contributed by atoms with Crippen LogP contribution in [0, 0.1) is 0 Å². The Morgan fingerprint density at radius 3 is 2.67 bits per heavy atom. The van der Waals surface area contributed by atoms with Crippen molar-refractivity contribution in [3.05, 3.63) is 54.6 Å². The minimum atomic E-state index is -3.51. The summed E-state index contributed by atoms with van der Waals surface area (Å²) in [6, 6.07) is 16.0. The molecule has 2 aliphatic heterocycles. The Labute approximate surface area is 158 Å². The lowest BCUT2D eigenvalue weighted by molar-refractivity contribution is -0.117. The van der Waals surface area contributed by atoms with Gasteiger partial charge < -0.3 is 15.0 Å². The van der Waals surface area contributed by atoms with E-state index in [9.17, 15) is 13.2 Å². The molecule has 1 fully saturated rings. The fourth-order valence-electron chi connectivity index (χ4n) is 3.58. The molecule has 8 heteroatoms. The monoisotopic (exact) mass is 387 g/mol. The molecule has 1 amide bonds. The number of rotatable bonds is 6. The molecule has 2 heterocycles. The zero-order valence-corrected chi connectivity index (χ0v) is 15.5. The quantitative estimate of drug-likeness (QED) is 0.786. The van der Waals surface area contributed by atoms with Crippen LogP contribution in [0.4, 0.5) is 11.4 Å². The van der Waals surface area contributed by atoms with E-state index in [4.69, 9.17) is 4.74 Å². The highest BCUT2D eigenvalue weighted by Gasteiger charge is 2.41. The molecule has 27 heavy (non-hydrogen) atoms. The lowest BCUT2D eigenvalue weighted by atomic mass is 10.1. The molecule has 1 saturated heterocycles. The van der Waals surface area contributed by atoms with Gasteiger partial charge in [0.05, 0.1) is 17.1 Å². The maximum absolute atomic E-state index is 12.4. The van der Waals surface area contributed by atoms with Crippen molar-refractivity contribution >= 4 is 27.3 Å². The van der Waals surface area contributed by atoms with E-state index < -0.39 is 10.0 Å². The Hall–Kier alpha value is -2.58. The number of carbonyl (C=O) groups excluding carboxylic acids is 1. The van der Waals surface area contributed by atoms with Gasteiger partial charge in [0.25, 0.3) is 0 Å². The van der Waals surface area contributed by atoms with Crippen molar-refractivity contribution in [1.82, 2.24) is 4.72 Å². The summed E-state index contributed by atoms with van der Waals surface area (Å²) in [4.78, 5) is 14.3. The molecule has 0 aromatic heterocycles. The van der Waals surface area contributed by atoms with Crippen molar-refractivity contribution in [3.8, 4) is 5.75 Å². The second-order valence-electron chi connectivity index (χ2n) is 6.71. The molecular formula is C19H21N3O4S. The summed E-state index contributed by atoms with van der Waals surface area (Å²) < 4.78 is 33.0. The Morgan fingerprint density at radius 1 is 1.11 bits per heavy atom. The van der Waals surface area contributed by atoms with Crippen LogP contribution in [-0.4, -0.2) is 45.3 Å². The first-order chi connectivity index (χ1) is 13.0. The zero-order valence-electron chi connectivity index (χ0n) is 14.7. The van der Waals surface area contributed by atoms with Crippen LogP contribution in [0.5, 0.6) is 5.75 Å². The highest BCUT2D eigenvalue weighted by Crippen LogP contribution is 2.36. The first-order valence-electron chi connectivity index (χ1n) is 8.86. The lowest BCUT2D eigenvalue weighted by Gasteiger charge is -2.32. The van der Waals surface area contributed by atoms with Gasteiger partial charge in [-0.05, 0) is 30.7 Å². The maximum atomic E-state index is 12.4. The van der Waals surface area contributed by atoms with Crippen LogP contribution >= 0.6 is 0 Å². The summed E-state index contributed by atoms with van der Waals surface area (Å²) in [5.74, 6) is 0.410. The summed E-state index contributed by atoms with van der Waals surface area (Å²) in [7, 11) is -3.51. The molecule has 2 N–H and O–H groups in total. The third kappa shape index (κ3) is 3.91.